The van der Waals surface area contributed by atoms with E-state index in [1.807, 2.05) is 25.2 Å². The number of rotatable bonds is 5. The van der Waals surface area contributed by atoms with Crippen molar-refractivity contribution in [2.75, 3.05) is 11.9 Å². The first-order valence-electron chi connectivity index (χ1n) is 7.04. The fraction of sp³-hybridized carbons (Fsp3) is 0.235. The predicted molar refractivity (Wildman–Crippen MR) is 86.0 cm³/mol. The number of hydrogen-bond donors (Lipinski definition) is 2. The van der Waals surface area contributed by atoms with E-state index in [1.54, 1.807) is 6.07 Å². The summed E-state index contributed by atoms with van der Waals surface area (Å²) < 4.78 is 0. The lowest BCUT2D eigenvalue weighted by molar-refractivity contribution is 0.0953. The maximum atomic E-state index is 11.5. The van der Waals surface area contributed by atoms with Gasteiger partial charge in [0.2, 0.25) is 0 Å². The van der Waals surface area contributed by atoms with Crippen LogP contribution in [0.4, 0.5) is 5.69 Å². The molecule has 0 atom stereocenters. The molecular formula is C17H21N3O. The van der Waals surface area contributed by atoms with Crippen LogP contribution in [0.1, 0.15) is 28.4 Å². The van der Waals surface area contributed by atoms with Crippen LogP contribution >= 0.6 is 0 Å². The minimum atomic E-state index is -0.271. The molecule has 0 unspecified atom stereocenters. The fourth-order valence-corrected chi connectivity index (χ4v) is 2.25. The number of nitrogens with zero attached hydrogens (tertiary/aromatic N) is 1. The van der Waals surface area contributed by atoms with E-state index >= 15 is 0 Å². The highest BCUT2D eigenvalue weighted by atomic mass is 16.2. The van der Waals surface area contributed by atoms with Gasteiger partial charge < -0.3 is 4.90 Å². The number of carbonyl (C=O) groups excluding carboxylic acids is 1. The van der Waals surface area contributed by atoms with Crippen molar-refractivity contribution in [1.29, 1.82) is 0 Å². The van der Waals surface area contributed by atoms with Crippen molar-refractivity contribution in [3.8, 4) is 0 Å². The van der Waals surface area contributed by atoms with Crippen LogP contribution < -0.4 is 16.2 Å². The maximum Gasteiger partial charge on any atom is 0.265 e. The quantitative estimate of drug-likeness (QED) is 0.503. The number of amides is 1. The zero-order chi connectivity index (χ0) is 15.2. The van der Waals surface area contributed by atoms with Gasteiger partial charge in [-0.15, -0.1) is 0 Å². The molecule has 0 heterocycles. The van der Waals surface area contributed by atoms with E-state index in [-0.39, 0.29) is 5.91 Å². The van der Waals surface area contributed by atoms with Gasteiger partial charge in [0.25, 0.3) is 5.91 Å². The summed E-state index contributed by atoms with van der Waals surface area (Å²) in [6.45, 7) is 2.88. The van der Waals surface area contributed by atoms with E-state index in [1.165, 1.54) is 5.56 Å². The SMILES string of the molecule is CCc1ccc(N(C)Cc2cccc(C(=O)NN)c2)cc1. The Labute approximate surface area is 125 Å². The largest absolute Gasteiger partial charge is 0.370 e. The molecule has 2 rings (SSSR count). The number of hydrogen-bond acceptors (Lipinski definition) is 3. The number of aryl methyl sites for hydroxylation is 1. The Kier molecular flexibility index (Phi) is 4.95. The maximum absolute atomic E-state index is 11.5. The molecule has 21 heavy (non-hydrogen) atoms. The average Bonchev–Trinajstić information content (AvgIpc) is 2.54. The molecule has 0 spiro atoms. The molecule has 110 valence electrons. The number of nitrogen functional groups attached to an aromatic ring is 1. The lowest BCUT2D eigenvalue weighted by atomic mass is 10.1. The van der Waals surface area contributed by atoms with Gasteiger partial charge in [-0.05, 0) is 41.8 Å². The van der Waals surface area contributed by atoms with Crippen molar-refractivity contribution in [2.45, 2.75) is 19.9 Å². The van der Waals surface area contributed by atoms with Crippen LogP contribution in [0, 0.1) is 0 Å². The second kappa shape index (κ2) is 6.90. The molecule has 0 saturated carbocycles. The van der Waals surface area contributed by atoms with Crippen LogP contribution in [0.2, 0.25) is 0 Å². The molecule has 4 nitrogen and oxygen atoms in total. The average molecular weight is 283 g/mol. The number of hydrazine groups is 1. The first-order valence-corrected chi connectivity index (χ1v) is 7.04. The van der Waals surface area contributed by atoms with E-state index in [0.29, 0.717) is 5.56 Å². The van der Waals surface area contributed by atoms with Crippen molar-refractivity contribution in [3.05, 3.63) is 65.2 Å². The highest BCUT2D eigenvalue weighted by Crippen LogP contribution is 2.17. The number of anilines is 1. The molecule has 0 aliphatic carbocycles. The van der Waals surface area contributed by atoms with Gasteiger partial charge in [0.1, 0.15) is 0 Å². The zero-order valence-corrected chi connectivity index (χ0v) is 12.5. The third kappa shape index (κ3) is 3.83. The minimum Gasteiger partial charge on any atom is -0.370 e. The lowest BCUT2D eigenvalue weighted by Crippen LogP contribution is -2.30. The molecule has 0 saturated heterocycles. The van der Waals surface area contributed by atoms with Crippen molar-refractivity contribution in [3.63, 3.8) is 0 Å². The smallest absolute Gasteiger partial charge is 0.265 e. The van der Waals surface area contributed by atoms with Crippen molar-refractivity contribution < 1.29 is 4.79 Å². The van der Waals surface area contributed by atoms with Crippen LogP contribution in [-0.4, -0.2) is 13.0 Å². The Morgan fingerprint density at radius 2 is 1.86 bits per heavy atom. The summed E-state index contributed by atoms with van der Waals surface area (Å²) in [4.78, 5) is 13.7. The summed E-state index contributed by atoms with van der Waals surface area (Å²) in [5.74, 6) is 4.89. The third-order valence-corrected chi connectivity index (χ3v) is 3.53. The highest BCUT2D eigenvalue weighted by Gasteiger charge is 2.06. The minimum absolute atomic E-state index is 0.271. The monoisotopic (exact) mass is 283 g/mol. The molecule has 0 aliphatic heterocycles. The first kappa shape index (κ1) is 15.1. The summed E-state index contributed by atoms with van der Waals surface area (Å²) >= 11 is 0. The Bertz CT molecular complexity index is 608. The molecule has 1 amide bonds. The van der Waals surface area contributed by atoms with Crippen LogP contribution in [0.3, 0.4) is 0 Å². The molecule has 0 aromatic heterocycles. The van der Waals surface area contributed by atoms with Gasteiger partial charge in [-0.25, -0.2) is 5.84 Å². The number of nitrogens with two attached hydrogens (primary N) is 1. The number of nitrogens with one attached hydrogen (secondary N) is 1. The molecule has 2 aromatic rings. The molecule has 0 fully saturated rings. The predicted octanol–water partition coefficient (Wildman–Crippen LogP) is 2.49. The molecule has 4 heteroatoms. The van der Waals surface area contributed by atoms with Crippen LogP contribution in [0.5, 0.6) is 0 Å². The van der Waals surface area contributed by atoms with Crippen LogP contribution in [0.25, 0.3) is 0 Å². The van der Waals surface area contributed by atoms with E-state index in [9.17, 15) is 4.79 Å². The highest BCUT2D eigenvalue weighted by molar-refractivity contribution is 5.93. The normalized spacial score (nSPS) is 10.2. The van der Waals surface area contributed by atoms with Gasteiger partial charge in [0, 0.05) is 24.8 Å². The van der Waals surface area contributed by atoms with E-state index in [0.717, 1.165) is 24.2 Å². The van der Waals surface area contributed by atoms with Crippen LogP contribution in [0.15, 0.2) is 48.5 Å². The van der Waals surface area contributed by atoms with Crippen molar-refractivity contribution in [2.24, 2.45) is 5.84 Å². The Hall–Kier alpha value is -2.33. The standard InChI is InChI=1S/C17H21N3O/c1-3-13-7-9-16(10-8-13)20(2)12-14-5-4-6-15(11-14)17(21)19-18/h4-11H,3,12,18H2,1-2H3,(H,19,21). The first-order chi connectivity index (χ1) is 10.1. The van der Waals surface area contributed by atoms with Gasteiger partial charge in [0.15, 0.2) is 0 Å². The summed E-state index contributed by atoms with van der Waals surface area (Å²) in [6, 6.07) is 16.0. The van der Waals surface area contributed by atoms with Gasteiger partial charge in [-0.3, -0.25) is 10.2 Å². The number of benzene rings is 2. The topological polar surface area (TPSA) is 58.4 Å². The summed E-state index contributed by atoms with van der Waals surface area (Å²) in [7, 11) is 2.04. The summed E-state index contributed by atoms with van der Waals surface area (Å²) in [5.41, 5.74) is 6.28. The van der Waals surface area contributed by atoms with Crippen molar-refractivity contribution in [1.82, 2.24) is 5.43 Å². The van der Waals surface area contributed by atoms with Crippen molar-refractivity contribution >= 4 is 11.6 Å². The van der Waals surface area contributed by atoms with Gasteiger partial charge in [-0.2, -0.15) is 0 Å². The van der Waals surface area contributed by atoms with E-state index in [2.05, 4.69) is 41.5 Å². The molecule has 3 N–H and O–H groups in total. The summed E-state index contributed by atoms with van der Waals surface area (Å²) in [6.07, 6.45) is 1.04. The second-order valence-electron chi connectivity index (χ2n) is 5.05. The molecule has 0 aliphatic rings. The third-order valence-electron chi connectivity index (χ3n) is 3.53. The lowest BCUT2D eigenvalue weighted by Gasteiger charge is -2.20. The Balaban J connectivity index is 2.11. The summed E-state index contributed by atoms with van der Waals surface area (Å²) in [5, 5.41) is 0. The van der Waals surface area contributed by atoms with E-state index in [4.69, 9.17) is 5.84 Å². The van der Waals surface area contributed by atoms with E-state index < -0.39 is 0 Å². The zero-order valence-electron chi connectivity index (χ0n) is 12.5. The second-order valence-corrected chi connectivity index (χ2v) is 5.05. The fourth-order valence-electron chi connectivity index (χ4n) is 2.25. The Morgan fingerprint density at radius 3 is 2.48 bits per heavy atom. The van der Waals surface area contributed by atoms with Gasteiger partial charge in [0.05, 0.1) is 0 Å². The molecule has 0 radical (unpaired) electrons. The Morgan fingerprint density at radius 1 is 1.14 bits per heavy atom. The molecule has 2 aromatic carbocycles. The number of carbonyl (C=O) groups is 1. The van der Waals surface area contributed by atoms with Crippen LogP contribution in [-0.2, 0) is 13.0 Å². The van der Waals surface area contributed by atoms with Gasteiger partial charge in [-0.1, -0.05) is 31.2 Å². The van der Waals surface area contributed by atoms with Gasteiger partial charge >= 0.3 is 0 Å². The molecule has 0 bridgehead atoms. The molecular weight excluding hydrogens is 262 g/mol.